The van der Waals surface area contributed by atoms with Crippen LogP contribution in [0.2, 0.25) is 0 Å². The number of nitrogens with zero attached hydrogens (tertiary/aromatic N) is 2. The van der Waals surface area contributed by atoms with Crippen molar-refractivity contribution in [3.63, 3.8) is 0 Å². The molecule has 0 fully saturated rings. The van der Waals surface area contributed by atoms with Crippen molar-refractivity contribution in [1.29, 1.82) is 0 Å². The van der Waals surface area contributed by atoms with E-state index in [2.05, 4.69) is 4.98 Å². The minimum Gasteiger partial charge on any atom is -0.478 e. The number of carbonyl (C=O) groups is 2. The summed E-state index contributed by atoms with van der Waals surface area (Å²) in [5, 5.41) is 9.29. The molecule has 0 aliphatic rings. The van der Waals surface area contributed by atoms with Gasteiger partial charge in [0, 0.05) is 6.54 Å². The maximum atomic E-state index is 11.5. The zero-order valence-corrected chi connectivity index (χ0v) is 11.7. The third kappa shape index (κ3) is 2.24. The Kier molecular flexibility index (Phi) is 3.25. The van der Waals surface area contributed by atoms with Gasteiger partial charge in [0.05, 0.1) is 22.0 Å². The highest BCUT2D eigenvalue weighted by atomic mass is 16.4. The Bertz CT molecular complexity index is 701. The molecule has 6 nitrogen and oxygen atoms in total. The molecule has 20 heavy (non-hydrogen) atoms. The summed E-state index contributed by atoms with van der Waals surface area (Å²) in [6.07, 6.45) is 0. The number of primary amides is 1. The number of hydrogen-bond acceptors (Lipinski definition) is 3. The van der Waals surface area contributed by atoms with E-state index in [1.165, 1.54) is 6.07 Å². The number of aryl methyl sites for hydroxylation is 1. The molecule has 0 spiro atoms. The average Bonchev–Trinajstić information content (AvgIpc) is 2.65. The van der Waals surface area contributed by atoms with E-state index in [4.69, 9.17) is 5.73 Å². The number of hydrogen-bond donors (Lipinski definition) is 2. The van der Waals surface area contributed by atoms with E-state index >= 15 is 0 Å². The number of imidazole rings is 1. The van der Waals surface area contributed by atoms with Gasteiger partial charge in [-0.2, -0.15) is 0 Å². The molecule has 2 aromatic rings. The van der Waals surface area contributed by atoms with Crippen molar-refractivity contribution in [3.05, 3.63) is 29.6 Å². The van der Waals surface area contributed by atoms with Gasteiger partial charge in [-0.05, 0) is 32.9 Å². The van der Waals surface area contributed by atoms with Gasteiger partial charge >= 0.3 is 5.97 Å². The second-order valence-corrected chi connectivity index (χ2v) is 5.47. The van der Waals surface area contributed by atoms with Crippen LogP contribution in [0.15, 0.2) is 18.2 Å². The quantitative estimate of drug-likeness (QED) is 0.884. The SMILES string of the molecule is Cc1nc2cccc(C(=O)O)c2n1CC(C)(C)C(N)=O. The number of aromatic nitrogens is 2. The summed E-state index contributed by atoms with van der Waals surface area (Å²) in [4.78, 5) is 27.2. The molecule has 1 aromatic heterocycles. The number of benzene rings is 1. The van der Waals surface area contributed by atoms with Crippen LogP contribution in [-0.4, -0.2) is 26.5 Å². The fourth-order valence-corrected chi connectivity index (χ4v) is 2.14. The maximum absolute atomic E-state index is 11.5. The summed E-state index contributed by atoms with van der Waals surface area (Å²) in [5.74, 6) is -0.803. The standard InChI is InChI=1S/C14H17N3O3/c1-8-16-10-6-4-5-9(12(18)19)11(10)17(8)7-14(2,3)13(15)20/h4-6H,7H2,1-3H3,(H2,15,20)(H,18,19). The number of carboxylic acid groups (broad SMARTS) is 1. The van der Waals surface area contributed by atoms with Crippen LogP contribution in [0.1, 0.15) is 30.0 Å². The number of carbonyl (C=O) groups excluding carboxylic acids is 1. The average molecular weight is 275 g/mol. The molecule has 0 unspecified atom stereocenters. The summed E-state index contributed by atoms with van der Waals surface area (Å²) in [5.41, 5.74) is 5.89. The molecule has 0 aliphatic carbocycles. The topological polar surface area (TPSA) is 98.2 Å². The minimum absolute atomic E-state index is 0.170. The maximum Gasteiger partial charge on any atom is 0.337 e. The molecule has 0 saturated heterocycles. The number of carboxylic acids is 1. The van der Waals surface area contributed by atoms with Crippen molar-refractivity contribution >= 4 is 22.9 Å². The van der Waals surface area contributed by atoms with Crippen molar-refractivity contribution < 1.29 is 14.7 Å². The van der Waals surface area contributed by atoms with Crippen LogP contribution in [0.5, 0.6) is 0 Å². The van der Waals surface area contributed by atoms with Crippen molar-refractivity contribution in [2.24, 2.45) is 11.1 Å². The first-order chi connectivity index (χ1) is 9.24. The molecular formula is C14H17N3O3. The fourth-order valence-electron chi connectivity index (χ4n) is 2.14. The van der Waals surface area contributed by atoms with Gasteiger partial charge in [0.1, 0.15) is 5.82 Å². The monoisotopic (exact) mass is 275 g/mol. The first-order valence-corrected chi connectivity index (χ1v) is 6.23. The molecular weight excluding hydrogens is 258 g/mol. The van der Waals surface area contributed by atoms with Gasteiger partial charge in [-0.3, -0.25) is 4.79 Å². The van der Waals surface area contributed by atoms with Crippen molar-refractivity contribution in [2.45, 2.75) is 27.3 Å². The molecule has 1 heterocycles. The predicted octanol–water partition coefficient (Wildman–Crippen LogP) is 1.55. The zero-order chi connectivity index (χ0) is 15.1. The van der Waals surface area contributed by atoms with Gasteiger partial charge in [0.15, 0.2) is 0 Å². The van der Waals surface area contributed by atoms with E-state index in [-0.39, 0.29) is 12.1 Å². The van der Waals surface area contributed by atoms with E-state index in [1.54, 1.807) is 37.5 Å². The first kappa shape index (κ1) is 14.0. The van der Waals surface area contributed by atoms with Gasteiger partial charge in [-0.15, -0.1) is 0 Å². The molecule has 2 rings (SSSR count). The van der Waals surface area contributed by atoms with Crippen molar-refractivity contribution in [3.8, 4) is 0 Å². The van der Waals surface area contributed by atoms with Crippen LogP contribution in [0.4, 0.5) is 0 Å². The Morgan fingerprint density at radius 3 is 2.60 bits per heavy atom. The molecule has 1 amide bonds. The smallest absolute Gasteiger partial charge is 0.337 e. The van der Waals surface area contributed by atoms with Gasteiger partial charge < -0.3 is 15.4 Å². The Morgan fingerprint density at radius 2 is 2.05 bits per heavy atom. The lowest BCUT2D eigenvalue weighted by Crippen LogP contribution is -2.35. The number of fused-ring (bicyclic) bond motifs is 1. The highest BCUT2D eigenvalue weighted by molar-refractivity contribution is 6.01. The number of para-hydroxylation sites is 1. The molecule has 0 saturated carbocycles. The largest absolute Gasteiger partial charge is 0.478 e. The molecule has 106 valence electrons. The van der Waals surface area contributed by atoms with Crippen LogP contribution in [0.25, 0.3) is 11.0 Å². The summed E-state index contributed by atoms with van der Waals surface area (Å²) >= 11 is 0. The molecule has 6 heteroatoms. The molecule has 0 radical (unpaired) electrons. The van der Waals surface area contributed by atoms with E-state index < -0.39 is 17.3 Å². The van der Waals surface area contributed by atoms with Crippen molar-refractivity contribution in [2.75, 3.05) is 0 Å². The lowest BCUT2D eigenvalue weighted by molar-refractivity contribution is -0.126. The Morgan fingerprint density at radius 1 is 1.40 bits per heavy atom. The highest BCUT2D eigenvalue weighted by Gasteiger charge is 2.28. The zero-order valence-electron chi connectivity index (χ0n) is 11.7. The summed E-state index contributed by atoms with van der Waals surface area (Å²) in [7, 11) is 0. The lowest BCUT2D eigenvalue weighted by atomic mass is 9.92. The van der Waals surface area contributed by atoms with Gasteiger partial charge in [0.25, 0.3) is 0 Å². The summed E-state index contributed by atoms with van der Waals surface area (Å²) in [6.45, 7) is 5.52. The summed E-state index contributed by atoms with van der Waals surface area (Å²) in [6, 6.07) is 4.93. The highest BCUT2D eigenvalue weighted by Crippen LogP contribution is 2.25. The number of aromatic carboxylic acids is 1. The molecule has 0 aliphatic heterocycles. The van der Waals surface area contributed by atoms with Crippen LogP contribution in [-0.2, 0) is 11.3 Å². The third-order valence-electron chi connectivity index (χ3n) is 3.41. The second-order valence-electron chi connectivity index (χ2n) is 5.47. The van der Waals surface area contributed by atoms with Crippen LogP contribution in [0, 0.1) is 12.3 Å². The van der Waals surface area contributed by atoms with Gasteiger partial charge in [0.2, 0.25) is 5.91 Å². The van der Waals surface area contributed by atoms with E-state index in [9.17, 15) is 14.7 Å². The second kappa shape index (κ2) is 4.63. The van der Waals surface area contributed by atoms with Crippen molar-refractivity contribution in [1.82, 2.24) is 9.55 Å². The normalized spacial score (nSPS) is 11.8. The van der Waals surface area contributed by atoms with Gasteiger partial charge in [-0.25, -0.2) is 9.78 Å². The molecule has 0 bridgehead atoms. The van der Waals surface area contributed by atoms with Crippen LogP contribution in [0.3, 0.4) is 0 Å². The van der Waals surface area contributed by atoms with Crippen LogP contribution >= 0.6 is 0 Å². The number of amides is 1. The Labute approximate surface area is 116 Å². The molecule has 1 aromatic carbocycles. The Balaban J connectivity index is 2.67. The molecule has 3 N–H and O–H groups in total. The number of nitrogens with two attached hydrogens (primary N) is 1. The Hall–Kier alpha value is -2.37. The lowest BCUT2D eigenvalue weighted by Gasteiger charge is -2.22. The van der Waals surface area contributed by atoms with Gasteiger partial charge in [-0.1, -0.05) is 6.07 Å². The summed E-state index contributed by atoms with van der Waals surface area (Å²) < 4.78 is 1.74. The molecule has 0 atom stereocenters. The van der Waals surface area contributed by atoms with E-state index in [0.717, 1.165) is 0 Å². The third-order valence-corrected chi connectivity index (χ3v) is 3.41. The minimum atomic E-state index is -1.02. The van der Waals surface area contributed by atoms with E-state index in [1.807, 2.05) is 0 Å². The van der Waals surface area contributed by atoms with E-state index in [0.29, 0.717) is 16.9 Å². The first-order valence-electron chi connectivity index (χ1n) is 6.23. The number of rotatable bonds is 4. The predicted molar refractivity (Wildman–Crippen MR) is 74.4 cm³/mol. The fraction of sp³-hybridized carbons (Fsp3) is 0.357. The van der Waals surface area contributed by atoms with Crippen LogP contribution < -0.4 is 5.73 Å².